The molecule has 0 heterocycles. The van der Waals surface area contributed by atoms with E-state index in [1.165, 1.54) is 0 Å². The average molecular weight is 211 g/mol. The summed E-state index contributed by atoms with van der Waals surface area (Å²) in [4.78, 5) is 0. The molecule has 0 aliphatic carbocycles. The van der Waals surface area contributed by atoms with E-state index in [9.17, 15) is 0 Å². The molecule has 2 aromatic rings. The van der Waals surface area contributed by atoms with Crippen molar-refractivity contribution in [2.24, 2.45) is 0 Å². The predicted molar refractivity (Wildman–Crippen MR) is 58.7 cm³/mol. The summed E-state index contributed by atoms with van der Waals surface area (Å²) >= 11 is 12.0. The van der Waals surface area contributed by atoms with E-state index < -0.39 is 0 Å². The first-order chi connectivity index (χ1) is 6.20. The maximum absolute atomic E-state index is 6.10. The number of hydrogen-bond donors (Lipinski definition) is 0. The van der Waals surface area contributed by atoms with Crippen molar-refractivity contribution in [2.75, 3.05) is 0 Å². The van der Waals surface area contributed by atoms with Crippen LogP contribution in [-0.4, -0.2) is 0 Å². The first kappa shape index (κ1) is 8.86. The van der Waals surface area contributed by atoms with Crippen LogP contribution in [0.25, 0.3) is 10.8 Å². The predicted octanol–water partition coefficient (Wildman–Crippen LogP) is 4.46. The van der Waals surface area contributed by atoms with Gasteiger partial charge in [-0.1, -0.05) is 47.5 Å². The molecule has 0 saturated carbocycles. The molecule has 0 amide bonds. The number of rotatable bonds is 0. The Balaban J connectivity index is 2.97. The van der Waals surface area contributed by atoms with Crippen molar-refractivity contribution >= 4 is 34.0 Å². The van der Waals surface area contributed by atoms with Gasteiger partial charge in [-0.3, -0.25) is 0 Å². The van der Waals surface area contributed by atoms with Gasteiger partial charge in [0.1, 0.15) is 0 Å². The van der Waals surface area contributed by atoms with Crippen LogP contribution in [0.3, 0.4) is 0 Å². The van der Waals surface area contributed by atoms with Crippen molar-refractivity contribution in [3.8, 4) is 0 Å². The minimum atomic E-state index is 0.614. The maximum atomic E-state index is 6.10. The maximum Gasteiger partial charge on any atom is 0.0673 e. The van der Waals surface area contributed by atoms with Crippen LogP contribution in [0.4, 0.5) is 0 Å². The lowest BCUT2D eigenvalue weighted by molar-refractivity contribution is 1.53. The summed E-state index contributed by atoms with van der Waals surface area (Å²) in [5, 5.41) is 3.45. The summed E-state index contributed by atoms with van der Waals surface area (Å²) in [7, 11) is 0. The van der Waals surface area contributed by atoms with Gasteiger partial charge in [-0.2, -0.15) is 0 Å². The number of halogens is 2. The third-order valence-electron chi connectivity index (χ3n) is 2.14. The third kappa shape index (κ3) is 1.41. The van der Waals surface area contributed by atoms with Gasteiger partial charge in [-0.25, -0.2) is 0 Å². The Kier molecular flexibility index (Phi) is 2.19. The summed E-state index contributed by atoms with van der Waals surface area (Å²) in [5.41, 5.74) is 1.16. The molecule has 0 aromatic heterocycles. The highest BCUT2D eigenvalue weighted by atomic mass is 35.5. The molecule has 0 aliphatic rings. The highest BCUT2D eigenvalue weighted by molar-refractivity contribution is 6.45. The van der Waals surface area contributed by atoms with Crippen LogP contribution in [0.2, 0.25) is 10.0 Å². The molecule has 0 unspecified atom stereocenters. The first-order valence-corrected chi connectivity index (χ1v) is 4.79. The zero-order chi connectivity index (χ0) is 9.42. The third-order valence-corrected chi connectivity index (χ3v) is 2.95. The molecule has 2 aromatic carbocycles. The van der Waals surface area contributed by atoms with Crippen molar-refractivity contribution in [3.63, 3.8) is 0 Å². The Labute approximate surface area is 87.1 Å². The molecule has 0 N–H and O–H groups in total. The Bertz CT molecular complexity index is 461. The largest absolute Gasteiger partial charge is 0.0827 e. The summed E-state index contributed by atoms with van der Waals surface area (Å²) < 4.78 is 0. The zero-order valence-corrected chi connectivity index (χ0v) is 8.65. The fourth-order valence-electron chi connectivity index (χ4n) is 1.48. The molecule has 0 radical (unpaired) electrons. The molecule has 0 bridgehead atoms. The van der Waals surface area contributed by atoms with Gasteiger partial charge in [0, 0.05) is 5.39 Å². The van der Waals surface area contributed by atoms with Gasteiger partial charge in [-0.05, 0) is 23.9 Å². The van der Waals surface area contributed by atoms with Crippen LogP contribution in [-0.2, 0) is 0 Å². The van der Waals surface area contributed by atoms with Gasteiger partial charge in [0.15, 0.2) is 0 Å². The second-order valence-electron chi connectivity index (χ2n) is 3.03. The normalized spacial score (nSPS) is 10.7. The lowest BCUT2D eigenvalue weighted by Gasteiger charge is -2.05. The molecule has 0 spiro atoms. The topological polar surface area (TPSA) is 0 Å². The second kappa shape index (κ2) is 3.21. The standard InChI is InChI=1S/C11H8Cl2/c1-7-3-2-4-8-5-6-9(12)11(13)10(7)8/h2-6H,1H3. The minimum Gasteiger partial charge on any atom is -0.0827 e. The lowest BCUT2D eigenvalue weighted by Crippen LogP contribution is -1.80. The van der Waals surface area contributed by atoms with Crippen LogP contribution in [0, 0.1) is 6.92 Å². The Morgan fingerprint density at radius 3 is 2.54 bits per heavy atom. The van der Waals surface area contributed by atoms with Crippen molar-refractivity contribution < 1.29 is 0 Å². The summed E-state index contributed by atoms with van der Waals surface area (Å²) in [6.45, 7) is 2.03. The summed E-state index contributed by atoms with van der Waals surface area (Å²) in [5.74, 6) is 0. The van der Waals surface area contributed by atoms with Crippen LogP contribution in [0.5, 0.6) is 0 Å². The number of benzene rings is 2. The lowest BCUT2D eigenvalue weighted by atomic mass is 10.1. The van der Waals surface area contributed by atoms with Crippen LogP contribution in [0.15, 0.2) is 30.3 Å². The van der Waals surface area contributed by atoms with Crippen molar-refractivity contribution in [2.45, 2.75) is 6.92 Å². The molecular formula is C11H8Cl2. The minimum absolute atomic E-state index is 0.614. The van der Waals surface area contributed by atoms with Gasteiger partial charge in [-0.15, -0.1) is 0 Å². The molecule has 0 fully saturated rings. The molecule has 13 heavy (non-hydrogen) atoms. The van der Waals surface area contributed by atoms with Gasteiger partial charge in [0.25, 0.3) is 0 Å². The van der Waals surface area contributed by atoms with Crippen LogP contribution in [0.1, 0.15) is 5.56 Å². The Morgan fingerprint density at radius 2 is 1.77 bits per heavy atom. The quantitative estimate of drug-likeness (QED) is 0.603. The molecule has 0 nitrogen and oxygen atoms in total. The second-order valence-corrected chi connectivity index (χ2v) is 3.82. The van der Waals surface area contributed by atoms with E-state index in [-0.39, 0.29) is 0 Å². The monoisotopic (exact) mass is 210 g/mol. The smallest absolute Gasteiger partial charge is 0.0673 e. The van der Waals surface area contributed by atoms with Crippen LogP contribution >= 0.6 is 23.2 Å². The molecule has 2 heteroatoms. The number of hydrogen-bond acceptors (Lipinski definition) is 0. The van der Waals surface area contributed by atoms with E-state index in [0.29, 0.717) is 10.0 Å². The Hall–Kier alpha value is -0.720. The highest BCUT2D eigenvalue weighted by Crippen LogP contribution is 2.32. The van der Waals surface area contributed by atoms with E-state index >= 15 is 0 Å². The fourth-order valence-corrected chi connectivity index (χ4v) is 1.96. The van der Waals surface area contributed by atoms with Crippen molar-refractivity contribution in [1.29, 1.82) is 0 Å². The van der Waals surface area contributed by atoms with Gasteiger partial charge >= 0.3 is 0 Å². The van der Waals surface area contributed by atoms with Gasteiger partial charge < -0.3 is 0 Å². The number of aryl methyl sites for hydroxylation is 1. The SMILES string of the molecule is Cc1cccc2ccc(Cl)c(Cl)c12. The van der Waals surface area contributed by atoms with E-state index in [1.807, 2.05) is 37.3 Å². The molecule has 0 atom stereocenters. The van der Waals surface area contributed by atoms with E-state index in [4.69, 9.17) is 23.2 Å². The Morgan fingerprint density at radius 1 is 1.00 bits per heavy atom. The van der Waals surface area contributed by atoms with E-state index in [2.05, 4.69) is 0 Å². The number of fused-ring (bicyclic) bond motifs is 1. The summed E-state index contributed by atoms with van der Waals surface area (Å²) in [6.07, 6.45) is 0. The fraction of sp³-hybridized carbons (Fsp3) is 0.0909. The molecular weight excluding hydrogens is 203 g/mol. The zero-order valence-electron chi connectivity index (χ0n) is 7.14. The first-order valence-electron chi connectivity index (χ1n) is 4.03. The molecule has 2 rings (SSSR count). The van der Waals surface area contributed by atoms with Gasteiger partial charge in [0.2, 0.25) is 0 Å². The van der Waals surface area contributed by atoms with Crippen LogP contribution < -0.4 is 0 Å². The molecule has 0 saturated heterocycles. The van der Waals surface area contributed by atoms with Gasteiger partial charge in [0.05, 0.1) is 10.0 Å². The molecule has 0 aliphatic heterocycles. The average Bonchev–Trinajstić information content (AvgIpc) is 2.12. The van der Waals surface area contributed by atoms with Crippen molar-refractivity contribution in [3.05, 3.63) is 45.9 Å². The van der Waals surface area contributed by atoms with E-state index in [0.717, 1.165) is 16.3 Å². The highest BCUT2D eigenvalue weighted by Gasteiger charge is 2.04. The van der Waals surface area contributed by atoms with E-state index in [1.54, 1.807) is 0 Å². The molecule has 66 valence electrons. The van der Waals surface area contributed by atoms with Crippen molar-refractivity contribution in [1.82, 2.24) is 0 Å². The summed E-state index contributed by atoms with van der Waals surface area (Å²) in [6, 6.07) is 9.89.